The highest BCUT2D eigenvalue weighted by Crippen LogP contribution is 2.17. The van der Waals surface area contributed by atoms with E-state index in [2.05, 4.69) is 25.8 Å². The van der Waals surface area contributed by atoms with Gasteiger partial charge in [-0.2, -0.15) is 5.10 Å². The molecule has 3 rings (SSSR count). The molecule has 0 atom stereocenters. The lowest BCUT2D eigenvalue weighted by Crippen LogP contribution is -2.35. The molecule has 0 spiro atoms. The summed E-state index contributed by atoms with van der Waals surface area (Å²) in [6.45, 7) is 0.206. The smallest absolute Gasteiger partial charge is 0.314 e. The van der Waals surface area contributed by atoms with Crippen molar-refractivity contribution in [1.82, 2.24) is 20.5 Å². The summed E-state index contributed by atoms with van der Waals surface area (Å²) in [7, 11) is 0. The molecule has 2 amide bonds. The average Bonchev–Trinajstić information content (AvgIpc) is 2.96. The molecule has 0 saturated carbocycles. The summed E-state index contributed by atoms with van der Waals surface area (Å²) in [5.74, 6) is -1.21. The Hall–Kier alpha value is -2.93. The van der Waals surface area contributed by atoms with Crippen LogP contribution >= 0.6 is 11.6 Å². The summed E-state index contributed by atoms with van der Waals surface area (Å²) in [4.78, 5) is 27.8. The Kier molecular flexibility index (Phi) is 4.20. The molecule has 0 bridgehead atoms. The number of aromatic nitrogens is 3. The van der Waals surface area contributed by atoms with Crippen LogP contribution in [0.15, 0.2) is 42.6 Å². The van der Waals surface area contributed by atoms with Crippen molar-refractivity contribution in [3.8, 4) is 0 Å². The minimum atomic E-state index is -0.790. The van der Waals surface area contributed by atoms with Gasteiger partial charge in [-0.25, -0.2) is 4.98 Å². The van der Waals surface area contributed by atoms with E-state index in [-0.39, 0.29) is 6.54 Å². The summed E-state index contributed by atoms with van der Waals surface area (Å²) in [5, 5.41) is 12.8. The van der Waals surface area contributed by atoms with E-state index < -0.39 is 11.8 Å². The molecule has 0 unspecified atom stereocenters. The molecule has 1 aromatic carbocycles. The Morgan fingerprint density at radius 2 is 2.04 bits per heavy atom. The van der Waals surface area contributed by atoms with Crippen molar-refractivity contribution in [2.75, 3.05) is 5.32 Å². The van der Waals surface area contributed by atoms with Crippen LogP contribution in [0.4, 0.5) is 5.82 Å². The van der Waals surface area contributed by atoms with E-state index in [1.807, 2.05) is 0 Å². The fourth-order valence-electron chi connectivity index (χ4n) is 2.03. The van der Waals surface area contributed by atoms with Crippen molar-refractivity contribution in [2.24, 2.45) is 0 Å². The second-order valence-electron chi connectivity index (χ2n) is 4.74. The number of nitrogens with one attached hydrogen (secondary N) is 3. The van der Waals surface area contributed by atoms with Crippen molar-refractivity contribution >= 4 is 40.3 Å². The number of amides is 2. The van der Waals surface area contributed by atoms with Crippen LogP contribution in [0.3, 0.4) is 0 Å². The number of nitrogens with zero attached hydrogens (tertiary/aromatic N) is 2. The third-order valence-corrected chi connectivity index (χ3v) is 3.35. The maximum absolute atomic E-state index is 11.9. The first-order valence-electron chi connectivity index (χ1n) is 6.76. The molecule has 7 nitrogen and oxygen atoms in total. The number of carbonyl (C=O) groups is 2. The zero-order chi connectivity index (χ0) is 16.2. The number of rotatable bonds is 3. The summed E-state index contributed by atoms with van der Waals surface area (Å²) < 4.78 is 0. The van der Waals surface area contributed by atoms with Crippen LogP contribution in [-0.4, -0.2) is 27.0 Å². The minimum Gasteiger partial charge on any atom is -0.344 e. The fraction of sp³-hybridized carbons (Fsp3) is 0.0667. The number of H-pyrrole nitrogens is 1. The van der Waals surface area contributed by atoms with Gasteiger partial charge < -0.3 is 10.6 Å². The number of fused-ring (bicyclic) bond motifs is 1. The highest BCUT2D eigenvalue weighted by molar-refractivity contribution is 6.40. The molecule has 0 fully saturated rings. The van der Waals surface area contributed by atoms with Crippen molar-refractivity contribution < 1.29 is 9.59 Å². The van der Waals surface area contributed by atoms with Gasteiger partial charge in [0.15, 0.2) is 5.65 Å². The molecule has 0 radical (unpaired) electrons. The largest absolute Gasteiger partial charge is 0.344 e. The second-order valence-corrected chi connectivity index (χ2v) is 5.18. The van der Waals surface area contributed by atoms with E-state index in [0.29, 0.717) is 21.9 Å². The van der Waals surface area contributed by atoms with Gasteiger partial charge >= 0.3 is 11.8 Å². The van der Waals surface area contributed by atoms with Gasteiger partial charge in [0.25, 0.3) is 0 Å². The molecule has 0 aliphatic carbocycles. The number of aromatic amines is 1. The van der Waals surface area contributed by atoms with Crippen LogP contribution in [0.25, 0.3) is 11.0 Å². The number of hydrogen-bond donors (Lipinski definition) is 3. The molecule has 3 aromatic rings. The SMILES string of the molecule is O=C(NCc1cccc(Cl)c1)C(=O)Nc1[nH]nc2ncccc12. The monoisotopic (exact) mass is 329 g/mol. The second kappa shape index (κ2) is 6.45. The summed E-state index contributed by atoms with van der Waals surface area (Å²) >= 11 is 5.86. The van der Waals surface area contributed by atoms with E-state index in [0.717, 1.165) is 5.56 Å². The van der Waals surface area contributed by atoms with Gasteiger partial charge in [-0.15, -0.1) is 0 Å². The molecule has 116 valence electrons. The van der Waals surface area contributed by atoms with Crippen LogP contribution < -0.4 is 10.6 Å². The van der Waals surface area contributed by atoms with Crippen molar-refractivity contribution in [2.45, 2.75) is 6.54 Å². The van der Waals surface area contributed by atoms with Crippen LogP contribution in [0.1, 0.15) is 5.56 Å². The molecule has 0 aliphatic heterocycles. The van der Waals surface area contributed by atoms with Crippen molar-refractivity contribution in [3.63, 3.8) is 0 Å². The van der Waals surface area contributed by atoms with Crippen LogP contribution in [-0.2, 0) is 16.1 Å². The first kappa shape index (κ1) is 15.0. The Balaban J connectivity index is 1.62. The van der Waals surface area contributed by atoms with Crippen molar-refractivity contribution in [3.05, 3.63) is 53.2 Å². The quantitative estimate of drug-likeness (QED) is 0.639. The Labute approximate surface area is 136 Å². The normalized spacial score (nSPS) is 10.5. The molecule has 3 N–H and O–H groups in total. The number of carbonyl (C=O) groups excluding carboxylic acids is 2. The average molecular weight is 330 g/mol. The maximum Gasteiger partial charge on any atom is 0.314 e. The number of benzene rings is 1. The first-order chi connectivity index (χ1) is 11.1. The summed E-state index contributed by atoms with van der Waals surface area (Å²) in [5.41, 5.74) is 1.26. The number of halogens is 1. The minimum absolute atomic E-state index is 0.206. The zero-order valence-electron chi connectivity index (χ0n) is 11.8. The summed E-state index contributed by atoms with van der Waals surface area (Å²) in [6, 6.07) is 10.5. The van der Waals surface area contributed by atoms with Gasteiger partial charge in [-0.3, -0.25) is 14.7 Å². The van der Waals surface area contributed by atoms with E-state index in [4.69, 9.17) is 11.6 Å². The van der Waals surface area contributed by atoms with Crippen LogP contribution in [0.2, 0.25) is 5.02 Å². The lowest BCUT2D eigenvalue weighted by Gasteiger charge is -2.06. The molecule has 2 aromatic heterocycles. The predicted octanol–water partition coefficient (Wildman–Crippen LogP) is 1.87. The molecule has 8 heteroatoms. The van der Waals surface area contributed by atoms with Gasteiger partial charge in [0.1, 0.15) is 5.82 Å². The standard InChI is InChI=1S/C15H12ClN5O2/c16-10-4-1-3-9(7-10)8-18-14(22)15(23)19-13-11-5-2-6-17-12(11)20-21-13/h1-7H,8H2,(H,18,22)(H2,17,19,20,21,23). The van der Waals surface area contributed by atoms with Crippen LogP contribution in [0.5, 0.6) is 0 Å². The predicted molar refractivity (Wildman–Crippen MR) is 85.8 cm³/mol. The van der Waals surface area contributed by atoms with Crippen molar-refractivity contribution in [1.29, 1.82) is 0 Å². The highest BCUT2D eigenvalue weighted by atomic mass is 35.5. The van der Waals surface area contributed by atoms with Gasteiger partial charge in [0, 0.05) is 17.8 Å². The molecule has 0 aliphatic rings. The molecule has 23 heavy (non-hydrogen) atoms. The van der Waals surface area contributed by atoms with Crippen LogP contribution in [0, 0.1) is 0 Å². The maximum atomic E-state index is 11.9. The third-order valence-electron chi connectivity index (χ3n) is 3.12. The van der Waals surface area contributed by atoms with E-state index in [1.165, 1.54) is 0 Å². The number of anilines is 1. The molecular weight excluding hydrogens is 318 g/mol. The zero-order valence-corrected chi connectivity index (χ0v) is 12.6. The first-order valence-corrected chi connectivity index (χ1v) is 7.14. The third kappa shape index (κ3) is 3.46. The summed E-state index contributed by atoms with van der Waals surface area (Å²) in [6.07, 6.45) is 1.59. The van der Waals surface area contributed by atoms with Gasteiger partial charge in [-0.05, 0) is 29.8 Å². The Morgan fingerprint density at radius 3 is 2.87 bits per heavy atom. The van der Waals surface area contributed by atoms with E-state index >= 15 is 0 Å². The number of pyridine rings is 1. The fourth-order valence-corrected chi connectivity index (χ4v) is 2.24. The highest BCUT2D eigenvalue weighted by Gasteiger charge is 2.16. The van der Waals surface area contributed by atoms with Gasteiger partial charge in [-0.1, -0.05) is 23.7 Å². The van der Waals surface area contributed by atoms with Gasteiger partial charge in [0.05, 0.1) is 5.39 Å². The number of hydrogen-bond acceptors (Lipinski definition) is 4. The Morgan fingerprint density at radius 1 is 1.17 bits per heavy atom. The van der Waals surface area contributed by atoms with Gasteiger partial charge in [0.2, 0.25) is 0 Å². The lowest BCUT2D eigenvalue weighted by molar-refractivity contribution is -0.136. The lowest BCUT2D eigenvalue weighted by atomic mass is 10.2. The molecule has 2 heterocycles. The molecular formula is C15H12ClN5O2. The topological polar surface area (TPSA) is 99.8 Å². The Bertz CT molecular complexity index is 877. The molecule has 0 saturated heterocycles. The van der Waals surface area contributed by atoms with E-state index in [9.17, 15) is 9.59 Å². The van der Waals surface area contributed by atoms with E-state index in [1.54, 1.807) is 42.6 Å².